The van der Waals surface area contributed by atoms with Gasteiger partial charge in [0.25, 0.3) is 0 Å². The average Bonchev–Trinajstić information content (AvgIpc) is 2.78. The van der Waals surface area contributed by atoms with E-state index in [1.807, 2.05) is 11.3 Å². The van der Waals surface area contributed by atoms with E-state index in [4.69, 9.17) is 0 Å². The highest BCUT2D eigenvalue weighted by molar-refractivity contribution is 7.10. The molecular weight excluding hydrogens is 214 g/mol. The van der Waals surface area contributed by atoms with Crippen LogP contribution in [0.15, 0.2) is 41.8 Å². The van der Waals surface area contributed by atoms with Crippen molar-refractivity contribution in [3.05, 3.63) is 57.8 Å². The van der Waals surface area contributed by atoms with Gasteiger partial charge in [-0.15, -0.1) is 11.3 Å². The van der Waals surface area contributed by atoms with Crippen molar-refractivity contribution in [2.75, 3.05) is 0 Å². The fraction of sp³-hybridized carbons (Fsp3) is 0.286. The first kappa shape index (κ1) is 11.4. The van der Waals surface area contributed by atoms with Gasteiger partial charge in [-0.25, -0.2) is 0 Å². The lowest BCUT2D eigenvalue weighted by atomic mass is 10.2. The van der Waals surface area contributed by atoms with Gasteiger partial charge in [0.2, 0.25) is 0 Å². The minimum Gasteiger partial charge on any atom is -0.308 e. The van der Waals surface area contributed by atoms with Crippen LogP contribution in [0.1, 0.15) is 22.9 Å². The Kier molecular flexibility index (Phi) is 4.14. The zero-order valence-electron chi connectivity index (χ0n) is 9.57. The molecule has 0 aliphatic heterocycles. The summed E-state index contributed by atoms with van der Waals surface area (Å²) in [6.07, 6.45) is 1.13. The first-order valence-corrected chi connectivity index (χ1v) is 6.58. The number of thiophene rings is 1. The molecule has 2 aromatic rings. The summed E-state index contributed by atoms with van der Waals surface area (Å²) in [5, 5.41) is 5.67. The van der Waals surface area contributed by atoms with E-state index < -0.39 is 0 Å². The zero-order chi connectivity index (χ0) is 11.2. The van der Waals surface area contributed by atoms with Crippen molar-refractivity contribution in [2.24, 2.45) is 0 Å². The molecule has 1 heterocycles. The van der Waals surface area contributed by atoms with Crippen LogP contribution < -0.4 is 5.32 Å². The van der Waals surface area contributed by atoms with Gasteiger partial charge in [0.1, 0.15) is 0 Å². The summed E-state index contributed by atoms with van der Waals surface area (Å²) < 4.78 is 0. The lowest BCUT2D eigenvalue weighted by Gasteiger charge is -2.05. The Morgan fingerprint density at radius 3 is 2.62 bits per heavy atom. The summed E-state index contributed by atoms with van der Waals surface area (Å²) in [6, 6.07) is 12.8. The smallest absolute Gasteiger partial charge is 0.0305 e. The second-order valence-corrected chi connectivity index (χ2v) is 4.81. The van der Waals surface area contributed by atoms with E-state index in [0.717, 1.165) is 19.5 Å². The second kappa shape index (κ2) is 5.83. The molecule has 84 valence electrons. The van der Waals surface area contributed by atoms with Crippen LogP contribution in [0.5, 0.6) is 0 Å². The van der Waals surface area contributed by atoms with Crippen LogP contribution in [0.3, 0.4) is 0 Å². The summed E-state index contributed by atoms with van der Waals surface area (Å²) in [4.78, 5) is 1.47. The molecule has 0 saturated heterocycles. The minimum absolute atomic E-state index is 0.946. The third-order valence-corrected chi connectivity index (χ3v) is 3.64. The second-order valence-electron chi connectivity index (χ2n) is 3.81. The standard InChI is InChI=1S/C14H17NS/c1-2-13-8-9-16-14(13)11-15-10-12-6-4-3-5-7-12/h3-9,15H,2,10-11H2,1H3. The van der Waals surface area contributed by atoms with Crippen molar-refractivity contribution in [1.82, 2.24) is 5.32 Å². The minimum atomic E-state index is 0.946. The maximum atomic E-state index is 3.49. The molecule has 0 fully saturated rings. The Morgan fingerprint density at radius 2 is 1.88 bits per heavy atom. The van der Waals surface area contributed by atoms with Gasteiger partial charge in [0.15, 0.2) is 0 Å². The Morgan fingerprint density at radius 1 is 1.06 bits per heavy atom. The largest absolute Gasteiger partial charge is 0.308 e. The molecule has 2 heteroatoms. The van der Waals surface area contributed by atoms with E-state index in [0.29, 0.717) is 0 Å². The Balaban J connectivity index is 1.85. The topological polar surface area (TPSA) is 12.0 Å². The lowest BCUT2D eigenvalue weighted by molar-refractivity contribution is 0.697. The van der Waals surface area contributed by atoms with Crippen LogP contribution in [0.2, 0.25) is 0 Å². The molecule has 0 aliphatic rings. The van der Waals surface area contributed by atoms with Crippen molar-refractivity contribution < 1.29 is 0 Å². The molecule has 0 aliphatic carbocycles. The number of aryl methyl sites for hydroxylation is 1. The fourth-order valence-electron chi connectivity index (χ4n) is 1.75. The molecule has 0 atom stereocenters. The highest BCUT2D eigenvalue weighted by atomic mass is 32.1. The summed E-state index contributed by atoms with van der Waals surface area (Å²) in [5.74, 6) is 0. The molecule has 0 radical (unpaired) electrons. The maximum Gasteiger partial charge on any atom is 0.0305 e. The van der Waals surface area contributed by atoms with E-state index in [9.17, 15) is 0 Å². The molecule has 16 heavy (non-hydrogen) atoms. The van der Waals surface area contributed by atoms with Crippen molar-refractivity contribution >= 4 is 11.3 Å². The molecule has 1 aromatic carbocycles. The predicted molar refractivity (Wildman–Crippen MR) is 70.7 cm³/mol. The Hall–Kier alpha value is -1.12. The van der Waals surface area contributed by atoms with Gasteiger partial charge in [0.05, 0.1) is 0 Å². The summed E-state index contributed by atoms with van der Waals surface area (Å²) in [5.41, 5.74) is 2.82. The lowest BCUT2D eigenvalue weighted by Crippen LogP contribution is -2.12. The molecule has 0 bridgehead atoms. The third-order valence-electron chi connectivity index (χ3n) is 2.68. The zero-order valence-corrected chi connectivity index (χ0v) is 10.4. The van der Waals surface area contributed by atoms with Crippen LogP contribution >= 0.6 is 11.3 Å². The molecule has 1 nitrogen and oxygen atoms in total. The SMILES string of the molecule is CCc1ccsc1CNCc1ccccc1. The monoisotopic (exact) mass is 231 g/mol. The van der Waals surface area contributed by atoms with E-state index >= 15 is 0 Å². The molecule has 0 spiro atoms. The van der Waals surface area contributed by atoms with Crippen LogP contribution in [0.4, 0.5) is 0 Å². The van der Waals surface area contributed by atoms with Crippen LogP contribution in [0, 0.1) is 0 Å². The van der Waals surface area contributed by atoms with Crippen LogP contribution in [-0.2, 0) is 19.5 Å². The van der Waals surface area contributed by atoms with Gasteiger partial charge in [-0.2, -0.15) is 0 Å². The van der Waals surface area contributed by atoms with Crippen molar-refractivity contribution in [3.63, 3.8) is 0 Å². The van der Waals surface area contributed by atoms with E-state index in [1.165, 1.54) is 16.0 Å². The fourth-order valence-corrected chi connectivity index (χ4v) is 2.70. The highest BCUT2D eigenvalue weighted by Gasteiger charge is 2.01. The highest BCUT2D eigenvalue weighted by Crippen LogP contribution is 2.17. The van der Waals surface area contributed by atoms with Gasteiger partial charge in [0, 0.05) is 18.0 Å². The van der Waals surface area contributed by atoms with Gasteiger partial charge >= 0.3 is 0 Å². The summed E-state index contributed by atoms with van der Waals surface area (Å²) in [7, 11) is 0. The van der Waals surface area contributed by atoms with Crippen molar-refractivity contribution in [1.29, 1.82) is 0 Å². The molecule has 2 rings (SSSR count). The van der Waals surface area contributed by atoms with E-state index in [2.05, 4.69) is 54.0 Å². The maximum absolute atomic E-state index is 3.49. The molecule has 1 aromatic heterocycles. The molecule has 1 N–H and O–H groups in total. The number of benzene rings is 1. The number of nitrogens with one attached hydrogen (secondary N) is 1. The number of hydrogen-bond acceptors (Lipinski definition) is 2. The van der Waals surface area contributed by atoms with Gasteiger partial charge in [-0.05, 0) is 29.0 Å². The van der Waals surface area contributed by atoms with Gasteiger partial charge in [-0.3, -0.25) is 0 Å². The van der Waals surface area contributed by atoms with E-state index in [-0.39, 0.29) is 0 Å². The first-order valence-electron chi connectivity index (χ1n) is 5.70. The molecule has 0 saturated carbocycles. The molecule has 0 unspecified atom stereocenters. The Labute approximate surface area is 101 Å². The van der Waals surface area contributed by atoms with E-state index in [1.54, 1.807) is 0 Å². The quantitative estimate of drug-likeness (QED) is 0.829. The molecule has 0 amide bonds. The van der Waals surface area contributed by atoms with Crippen molar-refractivity contribution in [3.8, 4) is 0 Å². The van der Waals surface area contributed by atoms with Crippen molar-refractivity contribution in [2.45, 2.75) is 26.4 Å². The summed E-state index contributed by atoms with van der Waals surface area (Å²) >= 11 is 1.85. The Bertz CT molecular complexity index is 419. The van der Waals surface area contributed by atoms with Gasteiger partial charge in [-0.1, -0.05) is 37.3 Å². The number of hydrogen-bond donors (Lipinski definition) is 1. The third kappa shape index (κ3) is 2.94. The average molecular weight is 231 g/mol. The first-order chi connectivity index (χ1) is 7.90. The predicted octanol–water partition coefficient (Wildman–Crippen LogP) is 3.60. The van der Waals surface area contributed by atoms with Crippen LogP contribution in [0.25, 0.3) is 0 Å². The summed E-state index contributed by atoms with van der Waals surface area (Å²) in [6.45, 7) is 4.14. The van der Waals surface area contributed by atoms with Crippen LogP contribution in [-0.4, -0.2) is 0 Å². The number of rotatable bonds is 5. The van der Waals surface area contributed by atoms with Gasteiger partial charge < -0.3 is 5.32 Å². The normalized spacial score (nSPS) is 10.6. The molecular formula is C14H17NS.